The number of hydrogen-bond acceptors (Lipinski definition) is 6. The normalized spacial score (nSPS) is 14.7. The van der Waals surface area contributed by atoms with E-state index in [1.165, 1.54) is 11.3 Å². The van der Waals surface area contributed by atoms with Crippen LogP contribution in [0.1, 0.15) is 22.5 Å². The van der Waals surface area contributed by atoms with E-state index in [4.69, 9.17) is 10.5 Å². The van der Waals surface area contributed by atoms with Crippen LogP contribution in [0.15, 0.2) is 4.90 Å². The molecule has 1 fully saturated rings. The first-order chi connectivity index (χ1) is 9.10. The average molecular weight is 300 g/mol. The summed E-state index contributed by atoms with van der Waals surface area (Å²) in [6.45, 7) is 1.45. The molecule has 2 N–H and O–H groups in total. The van der Waals surface area contributed by atoms with Gasteiger partial charge in [0.2, 0.25) is 0 Å². The van der Waals surface area contributed by atoms with Crippen LogP contribution < -0.4 is 10.6 Å². The third-order valence-corrected chi connectivity index (χ3v) is 5.52. The van der Waals surface area contributed by atoms with E-state index in [0.717, 1.165) is 34.2 Å². The zero-order valence-electron chi connectivity index (χ0n) is 11.6. The van der Waals surface area contributed by atoms with E-state index in [9.17, 15) is 4.79 Å². The fourth-order valence-corrected chi connectivity index (χ4v) is 4.12. The van der Waals surface area contributed by atoms with Crippen LogP contribution in [0.2, 0.25) is 0 Å². The molecule has 1 aliphatic carbocycles. The van der Waals surface area contributed by atoms with Crippen LogP contribution in [0.4, 0.5) is 10.7 Å². The minimum absolute atomic E-state index is 0.216. The molecule has 0 unspecified atom stereocenters. The standard InChI is InChI=1S/C13H20N2O2S2/c1-15(6-7-17-2)13-12(18-3)9(14)11(19-13)10(16)8-4-5-8/h8H,4-7,14H2,1-3H3. The molecule has 1 aromatic heterocycles. The molecule has 6 heteroatoms. The van der Waals surface area contributed by atoms with Crippen LogP contribution in [0.25, 0.3) is 0 Å². The summed E-state index contributed by atoms with van der Waals surface area (Å²) in [6.07, 6.45) is 4.02. The number of ether oxygens (including phenoxy) is 1. The molecule has 2 rings (SSSR count). The quantitative estimate of drug-likeness (QED) is 0.620. The van der Waals surface area contributed by atoms with Crippen LogP contribution >= 0.6 is 23.1 Å². The van der Waals surface area contributed by atoms with Gasteiger partial charge in [0.1, 0.15) is 5.00 Å². The molecule has 0 spiro atoms. The molecule has 0 bridgehead atoms. The van der Waals surface area contributed by atoms with Crippen molar-refractivity contribution in [1.29, 1.82) is 0 Å². The summed E-state index contributed by atoms with van der Waals surface area (Å²) in [6, 6.07) is 0. The Hall–Kier alpha value is -0.720. The van der Waals surface area contributed by atoms with Crippen LogP contribution in [0.3, 0.4) is 0 Å². The van der Waals surface area contributed by atoms with Crippen molar-refractivity contribution in [3.63, 3.8) is 0 Å². The summed E-state index contributed by atoms with van der Waals surface area (Å²) in [5.41, 5.74) is 6.82. The lowest BCUT2D eigenvalue weighted by Crippen LogP contribution is -2.21. The largest absolute Gasteiger partial charge is 0.396 e. The molecule has 1 aliphatic rings. The molecule has 0 atom stereocenters. The summed E-state index contributed by atoms with van der Waals surface area (Å²) >= 11 is 3.13. The second kappa shape index (κ2) is 6.15. The van der Waals surface area contributed by atoms with Gasteiger partial charge in [-0.05, 0) is 19.1 Å². The van der Waals surface area contributed by atoms with Gasteiger partial charge in [-0.3, -0.25) is 4.79 Å². The van der Waals surface area contributed by atoms with Crippen molar-refractivity contribution in [2.75, 3.05) is 44.2 Å². The first-order valence-corrected chi connectivity index (χ1v) is 8.34. The fourth-order valence-electron chi connectivity index (χ4n) is 1.91. The molecule has 106 valence electrons. The Morgan fingerprint density at radius 2 is 2.26 bits per heavy atom. The number of ketones is 1. The zero-order valence-corrected chi connectivity index (χ0v) is 13.2. The van der Waals surface area contributed by atoms with Crippen LogP contribution in [-0.2, 0) is 4.74 Å². The number of carbonyl (C=O) groups excluding carboxylic acids is 1. The molecule has 1 heterocycles. The number of nitrogens with two attached hydrogens (primary N) is 1. The number of carbonyl (C=O) groups is 1. The number of nitrogens with zero attached hydrogens (tertiary/aromatic N) is 1. The molecule has 0 amide bonds. The van der Waals surface area contributed by atoms with Gasteiger partial charge in [-0.25, -0.2) is 0 Å². The lowest BCUT2D eigenvalue weighted by atomic mass is 10.2. The molecule has 19 heavy (non-hydrogen) atoms. The van der Waals surface area contributed by atoms with Gasteiger partial charge in [0.05, 0.1) is 22.1 Å². The van der Waals surface area contributed by atoms with Crippen LogP contribution in [0, 0.1) is 5.92 Å². The fraction of sp³-hybridized carbons (Fsp3) is 0.615. The Balaban J connectivity index is 2.27. The third-order valence-electron chi connectivity index (χ3n) is 3.24. The number of anilines is 2. The summed E-state index contributed by atoms with van der Waals surface area (Å²) in [5, 5.41) is 1.08. The highest BCUT2D eigenvalue weighted by molar-refractivity contribution is 7.99. The van der Waals surface area contributed by atoms with E-state index in [1.54, 1.807) is 18.9 Å². The number of Topliss-reactive ketones (excluding diaryl/α,β-unsaturated/α-hetero) is 1. The van der Waals surface area contributed by atoms with E-state index < -0.39 is 0 Å². The van der Waals surface area contributed by atoms with E-state index in [0.29, 0.717) is 12.3 Å². The number of hydrogen-bond donors (Lipinski definition) is 1. The molecule has 4 nitrogen and oxygen atoms in total. The molecular weight excluding hydrogens is 280 g/mol. The lowest BCUT2D eigenvalue weighted by molar-refractivity contribution is 0.0972. The number of thiophene rings is 1. The predicted octanol–water partition coefficient (Wildman–Crippen LogP) is 2.73. The Kier molecular flexibility index (Phi) is 4.76. The maximum Gasteiger partial charge on any atom is 0.178 e. The van der Waals surface area contributed by atoms with Crippen molar-refractivity contribution >= 4 is 39.6 Å². The zero-order chi connectivity index (χ0) is 14.0. The van der Waals surface area contributed by atoms with Crippen molar-refractivity contribution in [2.45, 2.75) is 17.7 Å². The minimum atomic E-state index is 0.216. The summed E-state index contributed by atoms with van der Waals surface area (Å²) in [5.74, 6) is 0.442. The highest BCUT2D eigenvalue weighted by Crippen LogP contribution is 2.46. The van der Waals surface area contributed by atoms with Gasteiger partial charge < -0.3 is 15.4 Å². The maximum absolute atomic E-state index is 12.2. The van der Waals surface area contributed by atoms with Crippen molar-refractivity contribution in [2.24, 2.45) is 5.92 Å². The molecular formula is C13H20N2O2S2. The number of likely N-dealkylation sites (N-methyl/N-ethyl adjacent to an activating group) is 1. The molecule has 0 aliphatic heterocycles. The molecule has 0 radical (unpaired) electrons. The molecule has 1 saturated carbocycles. The Morgan fingerprint density at radius 1 is 1.58 bits per heavy atom. The van der Waals surface area contributed by atoms with Crippen molar-refractivity contribution in [3.8, 4) is 0 Å². The van der Waals surface area contributed by atoms with Crippen LogP contribution in [0.5, 0.6) is 0 Å². The molecule has 0 aromatic carbocycles. The Morgan fingerprint density at radius 3 is 2.79 bits per heavy atom. The van der Waals surface area contributed by atoms with Gasteiger partial charge in [0.15, 0.2) is 5.78 Å². The highest BCUT2D eigenvalue weighted by atomic mass is 32.2. The lowest BCUT2D eigenvalue weighted by Gasteiger charge is -2.18. The third kappa shape index (κ3) is 3.07. The van der Waals surface area contributed by atoms with Gasteiger partial charge in [0.25, 0.3) is 0 Å². The molecule has 0 saturated heterocycles. The van der Waals surface area contributed by atoms with E-state index in [2.05, 4.69) is 4.90 Å². The van der Waals surface area contributed by atoms with E-state index in [1.807, 2.05) is 13.3 Å². The monoisotopic (exact) mass is 300 g/mol. The second-order valence-electron chi connectivity index (χ2n) is 4.74. The number of methoxy groups -OCH3 is 1. The van der Waals surface area contributed by atoms with Gasteiger partial charge in [-0.15, -0.1) is 23.1 Å². The van der Waals surface area contributed by atoms with E-state index in [-0.39, 0.29) is 11.7 Å². The summed E-state index contributed by atoms with van der Waals surface area (Å²) in [4.78, 5) is 16.1. The van der Waals surface area contributed by atoms with Gasteiger partial charge in [-0.1, -0.05) is 0 Å². The SMILES string of the molecule is COCCN(C)c1sc(C(=O)C2CC2)c(N)c1SC. The van der Waals surface area contributed by atoms with Crippen molar-refractivity contribution in [3.05, 3.63) is 4.88 Å². The number of nitrogen functional groups attached to an aromatic ring is 1. The first kappa shape index (κ1) is 14.7. The average Bonchev–Trinajstić information content (AvgIpc) is 3.19. The number of thioether (sulfide) groups is 1. The Labute approximate surface area is 122 Å². The highest BCUT2D eigenvalue weighted by Gasteiger charge is 2.34. The van der Waals surface area contributed by atoms with Gasteiger partial charge in [0, 0.05) is 26.6 Å². The summed E-state index contributed by atoms with van der Waals surface area (Å²) < 4.78 is 5.10. The van der Waals surface area contributed by atoms with Gasteiger partial charge in [-0.2, -0.15) is 0 Å². The maximum atomic E-state index is 12.2. The van der Waals surface area contributed by atoms with Crippen LogP contribution in [-0.4, -0.2) is 39.3 Å². The topological polar surface area (TPSA) is 55.6 Å². The van der Waals surface area contributed by atoms with Crippen molar-refractivity contribution in [1.82, 2.24) is 0 Å². The van der Waals surface area contributed by atoms with Gasteiger partial charge >= 0.3 is 0 Å². The first-order valence-electron chi connectivity index (χ1n) is 6.30. The smallest absolute Gasteiger partial charge is 0.178 e. The predicted molar refractivity (Wildman–Crippen MR) is 82.7 cm³/mol. The van der Waals surface area contributed by atoms with E-state index >= 15 is 0 Å². The molecule has 1 aromatic rings. The summed E-state index contributed by atoms with van der Waals surface area (Å²) in [7, 11) is 3.70. The second-order valence-corrected chi connectivity index (χ2v) is 6.55. The number of rotatable bonds is 7. The van der Waals surface area contributed by atoms with Crippen molar-refractivity contribution < 1.29 is 9.53 Å². The Bertz CT molecular complexity index is 469. The minimum Gasteiger partial charge on any atom is -0.396 e.